The van der Waals surface area contributed by atoms with Gasteiger partial charge in [0.25, 0.3) is 0 Å². The molecule has 1 fully saturated rings. The molecular formula is C18H16F3N3O2S. The minimum atomic E-state index is -4.63. The Bertz CT molecular complexity index is 962. The molecule has 1 heterocycles. The Morgan fingerprint density at radius 3 is 2.15 bits per heavy atom. The van der Waals surface area contributed by atoms with Crippen LogP contribution in [0.25, 0.3) is 0 Å². The maximum atomic E-state index is 13.1. The molecule has 0 spiro atoms. The molecule has 0 N–H and O–H groups in total. The lowest BCUT2D eigenvalue weighted by Crippen LogP contribution is -2.48. The molecule has 0 aliphatic carbocycles. The van der Waals surface area contributed by atoms with Crippen molar-refractivity contribution in [1.29, 1.82) is 5.26 Å². The number of nitriles is 1. The summed E-state index contributed by atoms with van der Waals surface area (Å²) in [4.78, 5) is 1.88. The molecule has 2 aromatic rings. The zero-order valence-electron chi connectivity index (χ0n) is 14.1. The van der Waals surface area contributed by atoms with E-state index in [1.54, 1.807) is 29.2 Å². The van der Waals surface area contributed by atoms with Crippen molar-refractivity contribution in [3.05, 3.63) is 59.7 Å². The van der Waals surface area contributed by atoms with Crippen molar-refractivity contribution < 1.29 is 21.6 Å². The van der Waals surface area contributed by atoms with E-state index in [1.165, 1.54) is 22.5 Å². The minimum absolute atomic E-state index is 0.165. The smallest absolute Gasteiger partial charge is 0.369 e. The van der Waals surface area contributed by atoms with Gasteiger partial charge in [0.05, 0.1) is 22.1 Å². The van der Waals surface area contributed by atoms with E-state index in [4.69, 9.17) is 5.26 Å². The first-order valence-corrected chi connectivity index (χ1v) is 9.59. The molecule has 0 aromatic heterocycles. The molecule has 1 aliphatic rings. The van der Waals surface area contributed by atoms with Crippen molar-refractivity contribution in [1.82, 2.24) is 4.31 Å². The lowest BCUT2D eigenvalue weighted by Gasteiger charge is -2.35. The maximum absolute atomic E-state index is 13.1. The molecule has 2 aromatic carbocycles. The van der Waals surface area contributed by atoms with Crippen molar-refractivity contribution in [3.8, 4) is 6.07 Å². The van der Waals surface area contributed by atoms with Crippen LogP contribution in [0.1, 0.15) is 11.1 Å². The molecule has 1 saturated heterocycles. The Hall–Kier alpha value is -2.57. The van der Waals surface area contributed by atoms with Crippen LogP contribution in [0.3, 0.4) is 0 Å². The number of alkyl halides is 3. The van der Waals surface area contributed by atoms with E-state index in [0.29, 0.717) is 5.69 Å². The predicted octanol–water partition coefficient (Wildman–Crippen LogP) is 3.09. The van der Waals surface area contributed by atoms with Crippen LogP contribution in [0.4, 0.5) is 18.9 Å². The van der Waals surface area contributed by atoms with Gasteiger partial charge in [-0.1, -0.05) is 18.2 Å². The third kappa shape index (κ3) is 3.91. The summed E-state index contributed by atoms with van der Waals surface area (Å²) in [5, 5.41) is 8.88. The summed E-state index contributed by atoms with van der Waals surface area (Å²) >= 11 is 0. The molecule has 0 radical (unpaired) electrons. The zero-order valence-corrected chi connectivity index (χ0v) is 15.0. The van der Waals surface area contributed by atoms with Crippen molar-refractivity contribution >= 4 is 15.7 Å². The summed E-state index contributed by atoms with van der Waals surface area (Å²) in [6.07, 6.45) is -4.63. The largest absolute Gasteiger partial charge is 0.417 e. The maximum Gasteiger partial charge on any atom is 0.417 e. The van der Waals surface area contributed by atoms with Gasteiger partial charge in [0.2, 0.25) is 10.0 Å². The molecule has 3 rings (SSSR count). The Morgan fingerprint density at radius 1 is 0.963 bits per heavy atom. The fourth-order valence-corrected chi connectivity index (χ4v) is 4.43. The summed E-state index contributed by atoms with van der Waals surface area (Å²) in [6, 6.07) is 13.1. The minimum Gasteiger partial charge on any atom is -0.369 e. The first-order chi connectivity index (χ1) is 12.7. The quantitative estimate of drug-likeness (QED) is 0.801. The second-order valence-corrected chi connectivity index (χ2v) is 7.98. The number of piperazine rings is 1. The van der Waals surface area contributed by atoms with Gasteiger partial charge in [0, 0.05) is 31.9 Å². The van der Waals surface area contributed by atoms with E-state index in [2.05, 4.69) is 0 Å². The lowest BCUT2D eigenvalue weighted by atomic mass is 10.1. The average molecular weight is 395 g/mol. The SMILES string of the molecule is N#Cc1ccc(N2CCN(S(=O)(=O)c3ccccc3)CC2)cc1C(F)(F)F. The fourth-order valence-electron chi connectivity index (χ4n) is 2.99. The van der Waals surface area contributed by atoms with Crippen molar-refractivity contribution in [2.45, 2.75) is 11.1 Å². The van der Waals surface area contributed by atoms with Crippen molar-refractivity contribution in [2.24, 2.45) is 0 Å². The molecule has 27 heavy (non-hydrogen) atoms. The molecule has 0 atom stereocenters. The molecular weight excluding hydrogens is 379 g/mol. The predicted molar refractivity (Wildman–Crippen MR) is 93.6 cm³/mol. The number of rotatable bonds is 3. The van der Waals surface area contributed by atoms with Crippen LogP contribution in [-0.2, 0) is 16.2 Å². The van der Waals surface area contributed by atoms with Crippen LogP contribution < -0.4 is 4.90 Å². The molecule has 9 heteroatoms. The summed E-state index contributed by atoms with van der Waals surface area (Å²) in [7, 11) is -3.63. The first kappa shape index (κ1) is 19.2. The van der Waals surface area contributed by atoms with Gasteiger partial charge in [-0.3, -0.25) is 0 Å². The Morgan fingerprint density at radius 2 is 1.59 bits per heavy atom. The van der Waals surface area contributed by atoms with Gasteiger partial charge in [-0.05, 0) is 30.3 Å². The van der Waals surface area contributed by atoms with Gasteiger partial charge in [0.1, 0.15) is 0 Å². The lowest BCUT2D eigenvalue weighted by molar-refractivity contribution is -0.137. The van der Waals surface area contributed by atoms with Crippen molar-refractivity contribution in [3.63, 3.8) is 0 Å². The molecule has 0 bridgehead atoms. The van der Waals surface area contributed by atoms with Gasteiger partial charge in [0.15, 0.2) is 0 Å². The number of hydrogen-bond acceptors (Lipinski definition) is 4. The summed E-state index contributed by atoms with van der Waals surface area (Å²) in [6.45, 7) is 0.849. The number of benzene rings is 2. The highest BCUT2D eigenvalue weighted by Crippen LogP contribution is 2.34. The van der Waals surface area contributed by atoms with Crippen LogP contribution in [0.15, 0.2) is 53.4 Å². The van der Waals surface area contributed by atoms with E-state index >= 15 is 0 Å². The highest BCUT2D eigenvalue weighted by molar-refractivity contribution is 7.89. The number of hydrogen-bond donors (Lipinski definition) is 0. The third-order valence-electron chi connectivity index (χ3n) is 4.41. The molecule has 0 saturated carbocycles. The molecule has 142 valence electrons. The Balaban J connectivity index is 1.78. The van der Waals surface area contributed by atoms with Crippen LogP contribution in [0, 0.1) is 11.3 Å². The molecule has 0 unspecified atom stereocenters. The third-order valence-corrected chi connectivity index (χ3v) is 6.33. The van der Waals surface area contributed by atoms with Crippen LogP contribution in [0.5, 0.6) is 0 Å². The van der Waals surface area contributed by atoms with Crippen LogP contribution >= 0.6 is 0 Å². The average Bonchev–Trinajstić information content (AvgIpc) is 2.67. The van der Waals surface area contributed by atoms with E-state index in [0.717, 1.165) is 12.1 Å². The first-order valence-electron chi connectivity index (χ1n) is 8.15. The number of anilines is 1. The van der Waals surface area contributed by atoms with E-state index in [-0.39, 0.29) is 31.1 Å². The van der Waals surface area contributed by atoms with Crippen molar-refractivity contribution in [2.75, 3.05) is 31.1 Å². The normalized spacial score (nSPS) is 16.1. The van der Waals surface area contributed by atoms with Gasteiger partial charge in [-0.25, -0.2) is 8.42 Å². The summed E-state index contributed by atoms with van der Waals surface area (Å²) < 4.78 is 66.0. The fraction of sp³-hybridized carbons (Fsp3) is 0.278. The molecule has 1 aliphatic heterocycles. The van der Waals surface area contributed by atoms with Gasteiger partial charge in [-0.15, -0.1) is 0 Å². The summed E-state index contributed by atoms with van der Waals surface area (Å²) in [5.74, 6) is 0. The Kier molecular flexibility index (Phi) is 5.13. The Labute approximate surface area is 155 Å². The molecule has 5 nitrogen and oxygen atoms in total. The van der Waals surface area contributed by atoms with Crippen LogP contribution in [0.2, 0.25) is 0 Å². The topological polar surface area (TPSA) is 64.4 Å². The van der Waals surface area contributed by atoms with Gasteiger partial charge in [-0.2, -0.15) is 22.7 Å². The number of halogens is 3. The highest BCUT2D eigenvalue weighted by atomic mass is 32.2. The number of sulfonamides is 1. The second kappa shape index (κ2) is 7.21. The standard InChI is InChI=1S/C18H16F3N3O2S/c19-18(20,21)17-12-15(7-6-14(17)13-22)23-8-10-24(11-9-23)27(25,26)16-4-2-1-3-5-16/h1-7,12H,8-11H2. The van der Waals surface area contributed by atoms with Gasteiger partial charge >= 0.3 is 6.18 Å². The zero-order chi connectivity index (χ0) is 19.7. The number of nitrogens with zero attached hydrogens (tertiary/aromatic N) is 3. The summed E-state index contributed by atoms with van der Waals surface area (Å²) in [5.41, 5.74) is -1.10. The molecule has 0 amide bonds. The van der Waals surface area contributed by atoms with E-state index < -0.39 is 27.3 Å². The van der Waals surface area contributed by atoms with E-state index in [1.807, 2.05) is 0 Å². The van der Waals surface area contributed by atoms with Crippen LogP contribution in [-0.4, -0.2) is 38.9 Å². The van der Waals surface area contributed by atoms with E-state index in [9.17, 15) is 21.6 Å². The van der Waals surface area contributed by atoms with Gasteiger partial charge < -0.3 is 4.90 Å². The highest BCUT2D eigenvalue weighted by Gasteiger charge is 2.35. The monoisotopic (exact) mass is 395 g/mol. The second-order valence-electron chi connectivity index (χ2n) is 6.04.